The Balaban J connectivity index is -0.0000000940. The van der Waals surface area contributed by atoms with Gasteiger partial charge in [-0.3, -0.25) is 19.2 Å². The fourth-order valence-corrected chi connectivity index (χ4v) is 4.05. The van der Waals surface area contributed by atoms with Crippen molar-refractivity contribution in [1.29, 1.82) is 0 Å². The monoisotopic (exact) mass is 1210 g/mol. The molecule has 0 amide bonds. The maximum Gasteiger partial charge on any atom is 0 e. The molecule has 0 aliphatic carbocycles. The van der Waals surface area contributed by atoms with Gasteiger partial charge in [0.05, 0.1) is 12.5 Å². The molecule has 0 radical (unpaired) electrons. The molecule has 0 spiro atoms. The van der Waals surface area contributed by atoms with E-state index in [0.717, 1.165) is 0 Å². The van der Waals surface area contributed by atoms with Crippen LogP contribution in [0, 0.1) is 20.2 Å². The summed E-state index contributed by atoms with van der Waals surface area (Å²) in [4.78, 5) is 111. The summed E-state index contributed by atoms with van der Waals surface area (Å²) in [5.74, 6) is -7.34. The normalized spacial score (nSPS) is 8.13. The molecule has 0 fully saturated rings. The first-order valence-corrected chi connectivity index (χ1v) is 19.8. The fourth-order valence-electron chi connectivity index (χ4n) is 4.05. The summed E-state index contributed by atoms with van der Waals surface area (Å²) in [5, 5.41) is 74.7. The summed E-state index contributed by atoms with van der Waals surface area (Å²) < 4.78 is 51.7. The van der Waals surface area contributed by atoms with Crippen molar-refractivity contribution in [3.63, 3.8) is 0 Å². The Labute approximate surface area is 482 Å². The first-order chi connectivity index (χ1) is 37.1. The third-order valence-electron chi connectivity index (χ3n) is 7.26. The number of carboxylic acid groups (broad SMARTS) is 7. The molecule has 0 saturated carbocycles. The number of aromatic carboxylic acids is 7. The first kappa shape index (κ1) is 92.9. The van der Waals surface area contributed by atoms with Crippen LogP contribution in [-0.2, 0) is 22.5 Å². The van der Waals surface area contributed by atoms with E-state index in [1.54, 1.807) is 25.1 Å². The molecule has 0 aliphatic heterocycles. The van der Waals surface area contributed by atoms with Crippen LogP contribution in [0.2, 0.25) is 0 Å². The van der Waals surface area contributed by atoms with Gasteiger partial charge in [0, 0.05) is 1.43 Å². The van der Waals surface area contributed by atoms with Crippen LogP contribution in [0.5, 0.6) is 0 Å². The molecule has 0 aliphatic rings. The molecule has 32 heteroatoms. The maximum absolute atomic E-state index is 10.2. The number of hydrogen-bond donors (Lipinski definition) is 9. The van der Waals surface area contributed by atoms with E-state index in [4.69, 9.17) is 64.1 Å². The number of aldehydes is 4. The smallest absolute Gasteiger partial charge is 0 e. The Morgan fingerprint density at radius 2 is 0.635 bits per heavy atom. The van der Waals surface area contributed by atoms with E-state index in [9.17, 15) is 52.7 Å². The van der Waals surface area contributed by atoms with Gasteiger partial charge in [0.15, 0.2) is 48.2 Å². The number of carboxylic acids is 7. The minimum atomic E-state index is -1.17. The van der Waals surface area contributed by atoms with Crippen molar-refractivity contribution >= 4 is 66.9 Å². The van der Waals surface area contributed by atoms with Crippen LogP contribution in [0.3, 0.4) is 0 Å². The van der Waals surface area contributed by atoms with Crippen molar-refractivity contribution in [3.8, 4) is 0 Å². The molecule has 32 nitrogen and oxygen atoms in total. The zero-order chi connectivity index (χ0) is 59.8. The second-order valence-corrected chi connectivity index (χ2v) is 12.5. The average Bonchev–Trinajstić information content (AvgIpc) is 4.28. The van der Waals surface area contributed by atoms with Crippen LogP contribution >= 0.6 is 0 Å². The Kier molecular flexibility index (Phi) is 58.1. The predicted octanol–water partition coefficient (Wildman–Crippen LogP) is 8.37. The molecular formula is C53H64O32. The van der Waals surface area contributed by atoms with Crippen LogP contribution in [0.25, 0.3) is 0 Å². The zero-order valence-electron chi connectivity index (χ0n) is 40.2. The van der Waals surface area contributed by atoms with Crippen molar-refractivity contribution in [1.82, 2.24) is 0 Å². The molecule has 8 heterocycles. The second kappa shape index (κ2) is 53.2. The SMILES string of the molecule is C.C.C.C.C.Cc1ccc(C(=O)O)o1.O.O.O=C(O)c1ccc(CO)o1.O=C(O)c1ccco1.O=Cc1ccc(C(=O)O)o1.O=Cc1ccc(C(=O)O)o1.O=Cc1ccc(C(=O)O)o1.O=Cc1ccc(C(=O)O)o1.OCc1ccco1.[C-]#[O+].[C-]#[O+].[HH]. The third kappa shape index (κ3) is 38.7. The Hall–Kier alpha value is -11.5. The first-order valence-electron chi connectivity index (χ1n) is 19.8. The molecule has 0 saturated heterocycles. The molecule has 85 heavy (non-hydrogen) atoms. The van der Waals surface area contributed by atoms with Crippen molar-refractivity contribution < 1.29 is 156 Å². The predicted molar refractivity (Wildman–Crippen MR) is 287 cm³/mol. The van der Waals surface area contributed by atoms with E-state index < -0.39 is 41.8 Å². The standard InChI is InChI=1S/C6H6O4.4C6H4O4.C6H6O3.C5H4O3.C5H6O2.2CO.5CH4.2H2O.H2/c5*7-3-4-1-2-5(10-4)6(8)9;1-4-2-3-5(9-4)6(7)8;6-5(7)4-2-1-3-8-4;6-4-5-2-1-3-7-5;2*1-2;;;;;;;;/h1-2,7H,3H2,(H,8,9);4*1-3H,(H,8,9);2-3H,1H3,(H,7,8);1-3H,(H,6,7);1-3,6H,4H2;;;5*1H4;2*1H2;1H. The van der Waals surface area contributed by atoms with Crippen molar-refractivity contribution in [3.05, 3.63) is 204 Å². The van der Waals surface area contributed by atoms with Gasteiger partial charge in [-0.1, -0.05) is 37.1 Å². The van der Waals surface area contributed by atoms with Crippen LogP contribution in [0.15, 0.2) is 145 Å². The number of hydrogen-bond acceptors (Lipinski definition) is 21. The van der Waals surface area contributed by atoms with Crippen LogP contribution in [-0.4, -0.2) is 124 Å². The Morgan fingerprint density at radius 1 is 0.376 bits per heavy atom. The van der Waals surface area contributed by atoms with Gasteiger partial charge in [-0.2, -0.15) is 0 Å². The molecular weight excluding hydrogens is 1150 g/mol. The molecule has 0 aromatic carbocycles. The third-order valence-corrected chi connectivity index (χ3v) is 7.26. The van der Waals surface area contributed by atoms with Crippen molar-refractivity contribution in [2.24, 2.45) is 0 Å². The van der Waals surface area contributed by atoms with Gasteiger partial charge in [-0.15, -0.1) is 0 Å². The van der Waals surface area contributed by atoms with Crippen LogP contribution < -0.4 is 0 Å². The van der Waals surface area contributed by atoms with E-state index >= 15 is 0 Å². The van der Waals surface area contributed by atoms with Crippen molar-refractivity contribution in [2.75, 3.05) is 0 Å². The topological polar surface area (TPSA) is 578 Å². The molecule has 0 unspecified atom stereocenters. The molecule has 8 aromatic rings. The molecule has 0 atom stereocenters. The summed E-state index contributed by atoms with van der Waals surface area (Å²) >= 11 is 0. The van der Waals surface area contributed by atoms with Crippen LogP contribution in [0.1, 0.15) is 172 Å². The Bertz CT molecular complexity index is 2900. The number of carbonyl (C=O) groups is 11. The maximum atomic E-state index is 10.2. The van der Waals surface area contributed by atoms with Gasteiger partial charge in [-0.25, -0.2) is 33.6 Å². The largest absolute Gasteiger partial charge is 0 e. The van der Waals surface area contributed by atoms with Crippen LogP contribution in [0.4, 0.5) is 0 Å². The van der Waals surface area contributed by atoms with E-state index in [1.165, 1.54) is 91.4 Å². The second-order valence-electron chi connectivity index (χ2n) is 12.5. The van der Waals surface area contributed by atoms with E-state index in [1.807, 2.05) is 0 Å². The summed E-state index contributed by atoms with van der Waals surface area (Å²) in [5.41, 5.74) is 0. The number of aliphatic hydroxyl groups is 2. The van der Waals surface area contributed by atoms with Crippen molar-refractivity contribution in [2.45, 2.75) is 57.3 Å². The number of rotatable bonds is 13. The number of furan rings is 8. The summed E-state index contributed by atoms with van der Waals surface area (Å²) in [6.45, 7) is 10.4. The number of aryl methyl sites for hydroxylation is 1. The molecule has 8 rings (SSSR count). The zero-order valence-corrected chi connectivity index (χ0v) is 40.2. The Morgan fingerprint density at radius 3 is 0.776 bits per heavy atom. The van der Waals surface area contributed by atoms with Gasteiger partial charge in [0.25, 0.3) is 0 Å². The van der Waals surface area contributed by atoms with Gasteiger partial charge < -0.3 is 92.2 Å². The molecule has 468 valence electrons. The van der Waals surface area contributed by atoms with E-state index in [2.05, 4.69) is 39.8 Å². The minimum Gasteiger partial charge on any atom is 0 e. The minimum absolute atomic E-state index is 0. The number of carbonyl (C=O) groups excluding carboxylic acids is 4. The van der Waals surface area contributed by atoms with E-state index in [0.29, 0.717) is 36.7 Å². The fraction of sp³-hybridized carbons (Fsp3) is 0.151. The number of aliphatic hydroxyl groups excluding tert-OH is 2. The summed E-state index contributed by atoms with van der Waals surface area (Å²) in [6, 6.07) is 22.3. The summed E-state index contributed by atoms with van der Waals surface area (Å²) in [7, 11) is 0. The van der Waals surface area contributed by atoms with Gasteiger partial charge in [-0.05, 0) is 104 Å². The van der Waals surface area contributed by atoms with E-state index in [-0.39, 0.29) is 132 Å². The molecule has 13 N–H and O–H groups in total. The quantitative estimate of drug-likeness (QED) is 0.0297. The molecule has 8 aromatic heterocycles. The summed E-state index contributed by atoms with van der Waals surface area (Å²) in [6.07, 6.45) is 4.66. The van der Waals surface area contributed by atoms with Gasteiger partial charge in [0.2, 0.25) is 40.3 Å². The molecule has 0 bridgehead atoms. The average molecular weight is 1210 g/mol. The van der Waals surface area contributed by atoms with Gasteiger partial charge in [0.1, 0.15) is 30.5 Å². The van der Waals surface area contributed by atoms with Gasteiger partial charge >= 0.3 is 64.4 Å².